The zero-order valence-electron chi connectivity index (χ0n) is 23.6. The van der Waals surface area contributed by atoms with Gasteiger partial charge in [0, 0.05) is 0 Å². The van der Waals surface area contributed by atoms with E-state index in [9.17, 15) is 0 Å². The van der Waals surface area contributed by atoms with Gasteiger partial charge in [-0.2, -0.15) is 0 Å². The van der Waals surface area contributed by atoms with Gasteiger partial charge in [-0.15, -0.1) is 0 Å². The van der Waals surface area contributed by atoms with Crippen LogP contribution in [0, 0.1) is 0 Å². The van der Waals surface area contributed by atoms with Gasteiger partial charge in [-0.1, -0.05) is 123 Å². The van der Waals surface area contributed by atoms with Gasteiger partial charge < -0.3 is 0 Å². The van der Waals surface area contributed by atoms with Crippen molar-refractivity contribution in [2.75, 3.05) is 0 Å². The van der Waals surface area contributed by atoms with Crippen LogP contribution in [-0.2, 0) is 5.41 Å². The third-order valence-electron chi connectivity index (χ3n) is 8.70. The molecule has 2 aliphatic rings. The van der Waals surface area contributed by atoms with E-state index >= 15 is 0 Å². The molecular formula is C40H34. The Balaban J connectivity index is 1.88. The second-order valence-corrected chi connectivity index (χ2v) is 10.4. The maximum absolute atomic E-state index is 4.35. The molecule has 2 aliphatic carbocycles. The van der Waals surface area contributed by atoms with Crippen molar-refractivity contribution in [1.82, 2.24) is 0 Å². The largest absolute Gasteiger partial charge is 0.0985 e. The lowest BCUT2D eigenvalue weighted by Gasteiger charge is -2.31. The number of hydrogen-bond donors (Lipinski definition) is 0. The van der Waals surface area contributed by atoms with Gasteiger partial charge >= 0.3 is 0 Å². The van der Waals surface area contributed by atoms with Crippen LogP contribution in [0.3, 0.4) is 0 Å². The average molecular weight is 515 g/mol. The first-order chi connectivity index (χ1) is 19.6. The van der Waals surface area contributed by atoms with Crippen molar-refractivity contribution in [3.05, 3.63) is 167 Å². The predicted octanol–water partition coefficient (Wildman–Crippen LogP) is 10.9. The Morgan fingerprint density at radius 1 is 0.625 bits per heavy atom. The minimum absolute atomic E-state index is 0.450. The molecule has 0 bridgehead atoms. The van der Waals surface area contributed by atoms with Crippen molar-refractivity contribution >= 4 is 23.3 Å². The van der Waals surface area contributed by atoms with Crippen LogP contribution in [0.4, 0.5) is 0 Å². The Kier molecular flexibility index (Phi) is 6.28. The summed E-state index contributed by atoms with van der Waals surface area (Å²) < 4.78 is 0. The van der Waals surface area contributed by atoms with Gasteiger partial charge in [-0.05, 0) is 111 Å². The van der Waals surface area contributed by atoms with E-state index in [0.717, 1.165) is 16.7 Å². The standard InChI is InChI=1S/C40H34/c1-7-17-30-29(12-6)39-33-23-22-28(26(8-2)9-3)24-37(33)40(38(39)25-34(30)27(10-4)11-5)35-20-15-13-18-31(35)32-19-14-16-21-36(32)40/h7-25H,2,4,6H2,1,3,5H3/b17-7-,26-9+,27-11+. The lowest BCUT2D eigenvalue weighted by atomic mass is 9.69. The summed E-state index contributed by atoms with van der Waals surface area (Å²) in [5, 5.41) is 0. The van der Waals surface area contributed by atoms with E-state index in [0.29, 0.717) is 0 Å². The number of allylic oxidation sites excluding steroid dienone is 7. The zero-order chi connectivity index (χ0) is 28.0. The highest BCUT2D eigenvalue weighted by Gasteiger charge is 2.52. The van der Waals surface area contributed by atoms with E-state index in [1.807, 2.05) is 18.2 Å². The summed E-state index contributed by atoms with van der Waals surface area (Å²) >= 11 is 0. The predicted molar refractivity (Wildman–Crippen MR) is 175 cm³/mol. The Morgan fingerprint density at radius 3 is 1.80 bits per heavy atom. The summed E-state index contributed by atoms with van der Waals surface area (Å²) in [6.07, 6.45) is 14.6. The molecule has 40 heavy (non-hydrogen) atoms. The van der Waals surface area contributed by atoms with Crippen LogP contribution in [0.5, 0.6) is 0 Å². The molecule has 0 atom stereocenters. The Bertz CT molecular complexity index is 1770. The Morgan fingerprint density at radius 2 is 1.25 bits per heavy atom. The molecule has 0 aliphatic heterocycles. The van der Waals surface area contributed by atoms with Crippen molar-refractivity contribution < 1.29 is 0 Å². The molecule has 1 spiro atoms. The number of rotatable bonds is 6. The van der Waals surface area contributed by atoms with Crippen LogP contribution in [0.2, 0.25) is 0 Å². The summed E-state index contributed by atoms with van der Waals surface area (Å²) in [5.41, 5.74) is 16.9. The Labute approximate surface area is 238 Å². The van der Waals surface area contributed by atoms with E-state index < -0.39 is 5.41 Å². The van der Waals surface area contributed by atoms with E-state index in [4.69, 9.17) is 0 Å². The molecule has 0 nitrogen and oxygen atoms in total. The van der Waals surface area contributed by atoms with E-state index in [2.05, 4.69) is 138 Å². The molecule has 0 heteroatoms. The molecule has 0 fully saturated rings. The summed E-state index contributed by atoms with van der Waals surface area (Å²) in [6, 6.07) is 27.2. The highest BCUT2D eigenvalue weighted by Crippen LogP contribution is 2.64. The van der Waals surface area contributed by atoms with Gasteiger partial charge in [0.1, 0.15) is 0 Å². The molecule has 4 aromatic rings. The molecule has 0 amide bonds. The van der Waals surface area contributed by atoms with Crippen molar-refractivity contribution in [2.45, 2.75) is 26.2 Å². The summed E-state index contributed by atoms with van der Waals surface area (Å²) in [6.45, 7) is 18.9. The minimum atomic E-state index is -0.450. The number of benzene rings is 4. The SMILES string of the molecule is C=C/C(=C\C)c1ccc2c(c1)C1(c3ccccc3-c3ccccc31)c1cc(/C(C=C)=C/C)c(/C=C\C)c(C=C)c1-2. The van der Waals surface area contributed by atoms with Gasteiger partial charge in [0.15, 0.2) is 0 Å². The minimum Gasteiger partial charge on any atom is -0.0985 e. The molecule has 4 aromatic carbocycles. The fourth-order valence-corrected chi connectivity index (χ4v) is 7.10. The molecule has 194 valence electrons. The van der Waals surface area contributed by atoms with Crippen LogP contribution >= 0.6 is 0 Å². The molecule has 6 rings (SSSR count). The lowest BCUT2D eigenvalue weighted by molar-refractivity contribution is 0.793. The molecule has 0 saturated carbocycles. The number of hydrogen-bond acceptors (Lipinski definition) is 0. The first kappa shape index (κ1) is 25.6. The smallest absolute Gasteiger partial charge is 0.0726 e. The van der Waals surface area contributed by atoms with E-state index in [1.54, 1.807) is 0 Å². The van der Waals surface area contributed by atoms with Crippen LogP contribution in [0.1, 0.15) is 65.3 Å². The highest BCUT2D eigenvalue weighted by atomic mass is 14.5. The fraction of sp³-hybridized carbons (Fsp3) is 0.100. The third kappa shape index (κ3) is 3.26. The Hall–Kier alpha value is -4.68. The summed E-state index contributed by atoms with van der Waals surface area (Å²) in [4.78, 5) is 0. The summed E-state index contributed by atoms with van der Waals surface area (Å²) in [5.74, 6) is 0. The molecular weight excluding hydrogens is 480 g/mol. The van der Waals surface area contributed by atoms with Crippen LogP contribution in [-0.4, -0.2) is 0 Å². The normalized spacial score (nSPS) is 14.6. The van der Waals surface area contributed by atoms with E-state index in [1.165, 1.54) is 61.2 Å². The second-order valence-electron chi connectivity index (χ2n) is 10.4. The fourth-order valence-electron chi connectivity index (χ4n) is 7.10. The lowest BCUT2D eigenvalue weighted by Crippen LogP contribution is -2.26. The quantitative estimate of drug-likeness (QED) is 0.194. The molecule has 0 radical (unpaired) electrons. The number of fused-ring (bicyclic) bond motifs is 10. The van der Waals surface area contributed by atoms with Crippen LogP contribution < -0.4 is 0 Å². The highest BCUT2D eigenvalue weighted by molar-refractivity contribution is 6.01. The summed E-state index contributed by atoms with van der Waals surface area (Å²) in [7, 11) is 0. The van der Waals surface area contributed by atoms with Crippen molar-refractivity contribution in [2.24, 2.45) is 0 Å². The van der Waals surface area contributed by atoms with Crippen molar-refractivity contribution in [3.8, 4) is 22.3 Å². The van der Waals surface area contributed by atoms with Crippen molar-refractivity contribution in [3.63, 3.8) is 0 Å². The van der Waals surface area contributed by atoms with Gasteiger partial charge in [0.05, 0.1) is 5.41 Å². The monoisotopic (exact) mass is 514 g/mol. The van der Waals surface area contributed by atoms with Gasteiger partial charge in [0.2, 0.25) is 0 Å². The topological polar surface area (TPSA) is 0 Å². The van der Waals surface area contributed by atoms with Gasteiger partial charge in [0.25, 0.3) is 0 Å². The molecule has 0 heterocycles. The second kappa shape index (κ2) is 9.81. The maximum Gasteiger partial charge on any atom is 0.0726 e. The van der Waals surface area contributed by atoms with Gasteiger partial charge in [-0.25, -0.2) is 0 Å². The van der Waals surface area contributed by atoms with Crippen molar-refractivity contribution in [1.29, 1.82) is 0 Å². The molecule has 0 unspecified atom stereocenters. The van der Waals surface area contributed by atoms with Crippen LogP contribution in [0.25, 0.3) is 45.6 Å². The maximum atomic E-state index is 4.35. The first-order valence-electron chi connectivity index (χ1n) is 14.0. The third-order valence-corrected chi connectivity index (χ3v) is 8.70. The van der Waals surface area contributed by atoms with E-state index in [-0.39, 0.29) is 0 Å². The van der Waals surface area contributed by atoms with Gasteiger partial charge in [-0.3, -0.25) is 0 Å². The zero-order valence-corrected chi connectivity index (χ0v) is 23.6. The molecule has 0 N–H and O–H groups in total. The van der Waals surface area contributed by atoms with Crippen LogP contribution in [0.15, 0.2) is 123 Å². The molecule has 0 saturated heterocycles. The average Bonchev–Trinajstić information content (AvgIpc) is 3.45. The molecule has 0 aromatic heterocycles. The first-order valence-corrected chi connectivity index (χ1v) is 14.0.